The van der Waals surface area contributed by atoms with Gasteiger partial charge in [0.05, 0.1) is 6.21 Å². The van der Waals surface area contributed by atoms with Crippen molar-refractivity contribution in [2.75, 3.05) is 13.1 Å². The molecule has 1 aromatic carbocycles. The Morgan fingerprint density at radius 3 is 2.60 bits per heavy atom. The number of guanidine groups is 1. The summed E-state index contributed by atoms with van der Waals surface area (Å²) < 4.78 is 0. The van der Waals surface area contributed by atoms with Crippen molar-refractivity contribution in [1.29, 1.82) is 0 Å². The van der Waals surface area contributed by atoms with Gasteiger partial charge in [0.2, 0.25) is 5.96 Å². The van der Waals surface area contributed by atoms with Crippen LogP contribution in [0.15, 0.2) is 34.5 Å². The number of benzene rings is 1. The summed E-state index contributed by atoms with van der Waals surface area (Å²) in [6.07, 6.45) is 7.02. The third-order valence-corrected chi connectivity index (χ3v) is 3.44. The van der Waals surface area contributed by atoms with E-state index in [0.717, 1.165) is 12.1 Å². The van der Waals surface area contributed by atoms with Crippen molar-refractivity contribution < 1.29 is 0 Å². The van der Waals surface area contributed by atoms with Crippen LogP contribution < -0.4 is 11.5 Å². The molecule has 1 aliphatic heterocycles. The minimum atomic E-state index is -0.0260. The monoisotopic (exact) mass is 273 g/mol. The minimum Gasteiger partial charge on any atom is -0.369 e. The van der Waals surface area contributed by atoms with Crippen LogP contribution in [-0.2, 0) is 6.54 Å². The van der Waals surface area contributed by atoms with Crippen molar-refractivity contribution in [1.82, 2.24) is 4.90 Å². The topological polar surface area (TPSA) is 80.0 Å². The van der Waals surface area contributed by atoms with Crippen molar-refractivity contribution in [3.63, 3.8) is 0 Å². The van der Waals surface area contributed by atoms with Gasteiger partial charge in [0.25, 0.3) is 0 Å². The molecule has 0 unspecified atom stereocenters. The quantitative estimate of drug-likeness (QED) is 0.497. The highest BCUT2D eigenvalue weighted by molar-refractivity contribution is 5.81. The Kier molecular flexibility index (Phi) is 5.55. The van der Waals surface area contributed by atoms with Crippen LogP contribution in [0.4, 0.5) is 0 Å². The van der Waals surface area contributed by atoms with E-state index in [9.17, 15) is 0 Å². The fourth-order valence-electron chi connectivity index (χ4n) is 2.49. The maximum absolute atomic E-state index is 5.23. The first-order chi connectivity index (χ1) is 9.74. The molecular weight excluding hydrogens is 250 g/mol. The molecule has 0 aliphatic carbocycles. The van der Waals surface area contributed by atoms with E-state index < -0.39 is 0 Å². The van der Waals surface area contributed by atoms with Crippen molar-refractivity contribution in [2.24, 2.45) is 21.7 Å². The minimum absolute atomic E-state index is 0.0260. The molecule has 0 spiro atoms. The average molecular weight is 273 g/mol. The molecule has 1 fully saturated rings. The molecule has 4 N–H and O–H groups in total. The lowest BCUT2D eigenvalue weighted by Gasteiger charge is -2.19. The molecule has 0 saturated carbocycles. The summed E-state index contributed by atoms with van der Waals surface area (Å²) in [7, 11) is 0. The number of hydrogen-bond acceptors (Lipinski definition) is 3. The van der Waals surface area contributed by atoms with Gasteiger partial charge in [-0.25, -0.2) is 0 Å². The summed E-state index contributed by atoms with van der Waals surface area (Å²) in [6.45, 7) is 3.41. The molecule has 0 amide bonds. The van der Waals surface area contributed by atoms with Crippen molar-refractivity contribution in [3.05, 3.63) is 35.4 Å². The van der Waals surface area contributed by atoms with Crippen LogP contribution >= 0.6 is 0 Å². The predicted octanol–water partition coefficient (Wildman–Crippen LogP) is 1.67. The highest BCUT2D eigenvalue weighted by Gasteiger charge is 2.09. The molecule has 20 heavy (non-hydrogen) atoms. The zero-order valence-corrected chi connectivity index (χ0v) is 11.8. The molecule has 0 aromatic heterocycles. The number of hydrogen-bond donors (Lipinski definition) is 2. The largest absolute Gasteiger partial charge is 0.369 e. The van der Waals surface area contributed by atoms with Gasteiger partial charge in [-0.15, -0.1) is 5.10 Å². The van der Waals surface area contributed by atoms with E-state index in [0.29, 0.717) is 0 Å². The molecule has 5 heteroatoms. The van der Waals surface area contributed by atoms with Crippen LogP contribution in [0, 0.1) is 0 Å². The van der Waals surface area contributed by atoms with Crippen LogP contribution in [-0.4, -0.2) is 30.2 Å². The van der Waals surface area contributed by atoms with E-state index in [1.807, 2.05) is 12.1 Å². The first-order valence-corrected chi connectivity index (χ1v) is 7.17. The van der Waals surface area contributed by atoms with Crippen LogP contribution in [0.25, 0.3) is 0 Å². The van der Waals surface area contributed by atoms with E-state index in [4.69, 9.17) is 11.5 Å². The summed E-state index contributed by atoms with van der Waals surface area (Å²) >= 11 is 0. The Morgan fingerprint density at radius 1 is 1.15 bits per heavy atom. The second-order valence-electron chi connectivity index (χ2n) is 5.20. The van der Waals surface area contributed by atoms with Crippen molar-refractivity contribution in [3.8, 4) is 0 Å². The molecule has 1 aliphatic rings. The van der Waals surface area contributed by atoms with Crippen molar-refractivity contribution in [2.45, 2.75) is 32.2 Å². The normalized spacial score (nSPS) is 17.0. The van der Waals surface area contributed by atoms with Gasteiger partial charge in [-0.3, -0.25) is 4.90 Å². The van der Waals surface area contributed by atoms with E-state index in [2.05, 4.69) is 27.2 Å². The summed E-state index contributed by atoms with van der Waals surface area (Å²) in [4.78, 5) is 2.53. The molecule has 0 radical (unpaired) electrons. The number of likely N-dealkylation sites (tertiary alicyclic amines) is 1. The molecule has 0 atom stereocenters. The summed E-state index contributed by atoms with van der Waals surface area (Å²) in [5, 5.41) is 7.45. The maximum atomic E-state index is 5.23. The van der Waals surface area contributed by atoms with Gasteiger partial charge in [-0.05, 0) is 43.1 Å². The second-order valence-corrected chi connectivity index (χ2v) is 5.20. The van der Waals surface area contributed by atoms with Gasteiger partial charge < -0.3 is 11.5 Å². The van der Waals surface area contributed by atoms with Gasteiger partial charge >= 0.3 is 0 Å². The fourth-order valence-corrected chi connectivity index (χ4v) is 2.49. The Labute approximate surface area is 120 Å². The zero-order chi connectivity index (χ0) is 14.2. The first kappa shape index (κ1) is 14.5. The Balaban J connectivity index is 1.98. The van der Waals surface area contributed by atoms with Gasteiger partial charge in [0.1, 0.15) is 0 Å². The third-order valence-electron chi connectivity index (χ3n) is 3.44. The number of nitrogens with zero attached hydrogens (tertiary/aromatic N) is 3. The van der Waals surface area contributed by atoms with Crippen molar-refractivity contribution >= 4 is 12.2 Å². The summed E-state index contributed by atoms with van der Waals surface area (Å²) in [5.41, 5.74) is 12.8. The van der Waals surface area contributed by atoms with E-state index >= 15 is 0 Å². The smallest absolute Gasteiger partial charge is 0.211 e. The van der Waals surface area contributed by atoms with Gasteiger partial charge in [-0.2, -0.15) is 5.10 Å². The van der Waals surface area contributed by atoms with Gasteiger partial charge in [0, 0.05) is 6.54 Å². The Bertz CT molecular complexity index is 469. The molecule has 108 valence electrons. The first-order valence-electron chi connectivity index (χ1n) is 7.17. The molecule has 1 aromatic rings. The van der Waals surface area contributed by atoms with E-state index in [-0.39, 0.29) is 5.96 Å². The SMILES string of the molecule is NC(N)=NN=Cc1cccc(CN2CCCCCC2)c1. The lowest BCUT2D eigenvalue weighted by molar-refractivity contribution is 0.277. The number of rotatable bonds is 4. The highest BCUT2D eigenvalue weighted by Crippen LogP contribution is 2.13. The average Bonchev–Trinajstić information content (AvgIpc) is 2.67. The molecule has 5 nitrogen and oxygen atoms in total. The molecular formula is C15H23N5. The summed E-state index contributed by atoms with van der Waals surface area (Å²) in [5.74, 6) is -0.0260. The number of nitrogens with two attached hydrogens (primary N) is 2. The lowest BCUT2D eigenvalue weighted by Crippen LogP contribution is -2.23. The van der Waals surface area contributed by atoms with Gasteiger partial charge in [-0.1, -0.05) is 31.0 Å². The lowest BCUT2D eigenvalue weighted by atomic mass is 10.1. The van der Waals surface area contributed by atoms with Crippen LogP contribution in [0.5, 0.6) is 0 Å². The highest BCUT2D eigenvalue weighted by atomic mass is 15.3. The molecule has 1 saturated heterocycles. The Morgan fingerprint density at radius 2 is 1.90 bits per heavy atom. The van der Waals surface area contributed by atoms with Crippen LogP contribution in [0.3, 0.4) is 0 Å². The Hall–Kier alpha value is -1.88. The molecule has 1 heterocycles. The van der Waals surface area contributed by atoms with Crippen LogP contribution in [0.2, 0.25) is 0 Å². The molecule has 2 rings (SSSR count). The standard InChI is InChI=1S/C15H23N5/c16-15(17)19-18-11-13-6-5-7-14(10-13)12-20-8-3-1-2-4-9-20/h5-7,10-11H,1-4,8-9,12H2,(H4,16,17,19). The van der Waals surface area contributed by atoms with E-state index in [1.165, 1.54) is 44.3 Å². The second kappa shape index (κ2) is 7.65. The fraction of sp³-hybridized carbons (Fsp3) is 0.467. The zero-order valence-electron chi connectivity index (χ0n) is 11.8. The van der Waals surface area contributed by atoms with Crippen LogP contribution in [0.1, 0.15) is 36.8 Å². The molecule has 0 bridgehead atoms. The van der Waals surface area contributed by atoms with E-state index in [1.54, 1.807) is 6.21 Å². The third kappa shape index (κ3) is 5.01. The summed E-state index contributed by atoms with van der Waals surface area (Å²) in [6, 6.07) is 8.33. The maximum Gasteiger partial charge on any atom is 0.211 e. The predicted molar refractivity (Wildman–Crippen MR) is 83.6 cm³/mol. The van der Waals surface area contributed by atoms with Gasteiger partial charge in [0.15, 0.2) is 0 Å².